The molecule has 0 unspecified atom stereocenters. The van der Waals surface area contributed by atoms with Crippen LogP contribution in [0.4, 0.5) is 5.69 Å². The first-order valence-electron chi connectivity index (χ1n) is 9.80. The number of aryl methyl sites for hydroxylation is 1. The van der Waals surface area contributed by atoms with E-state index in [0.29, 0.717) is 0 Å². The van der Waals surface area contributed by atoms with Gasteiger partial charge in [0.1, 0.15) is 6.33 Å². The van der Waals surface area contributed by atoms with Crippen molar-refractivity contribution in [2.45, 2.75) is 38.3 Å². The molecule has 2 aliphatic heterocycles. The number of anilines is 1. The van der Waals surface area contributed by atoms with Crippen molar-refractivity contribution >= 4 is 5.69 Å². The number of rotatable bonds is 6. The van der Waals surface area contributed by atoms with E-state index in [2.05, 4.69) is 44.0 Å². The zero-order valence-electron chi connectivity index (χ0n) is 15.4. The standard InChI is InChI=1S/C21H28N4O/c1-2-6-21(25-11-3-4-12-25)18(5-1)15-24-13-14-26-20(16-24)8-7-19-9-10-22-17-23-19/h1-2,5-6,9-10,17,20H,3-4,7-8,11-16H2/t20-/m1/s1. The number of para-hydroxylation sites is 1. The molecule has 4 rings (SSSR count). The monoisotopic (exact) mass is 352 g/mol. The van der Waals surface area contributed by atoms with Crippen molar-refractivity contribution in [3.63, 3.8) is 0 Å². The average molecular weight is 352 g/mol. The van der Waals surface area contributed by atoms with Crippen LogP contribution in [0.15, 0.2) is 42.9 Å². The molecule has 0 N–H and O–H groups in total. The van der Waals surface area contributed by atoms with Crippen molar-refractivity contribution in [2.75, 3.05) is 37.7 Å². The first-order chi connectivity index (χ1) is 12.9. The molecule has 26 heavy (non-hydrogen) atoms. The Hall–Kier alpha value is -1.98. The molecule has 1 aromatic heterocycles. The van der Waals surface area contributed by atoms with Crippen molar-refractivity contribution < 1.29 is 4.74 Å². The number of hydrogen-bond donors (Lipinski definition) is 0. The summed E-state index contributed by atoms with van der Waals surface area (Å²) in [4.78, 5) is 13.4. The lowest BCUT2D eigenvalue weighted by atomic mass is 10.1. The zero-order valence-corrected chi connectivity index (χ0v) is 15.4. The Kier molecular flexibility index (Phi) is 5.77. The lowest BCUT2D eigenvalue weighted by molar-refractivity contribution is -0.0346. The summed E-state index contributed by atoms with van der Waals surface area (Å²) in [5.41, 5.74) is 3.97. The maximum atomic E-state index is 6.00. The highest BCUT2D eigenvalue weighted by atomic mass is 16.5. The van der Waals surface area contributed by atoms with Gasteiger partial charge in [0, 0.05) is 50.3 Å². The molecule has 2 fully saturated rings. The van der Waals surface area contributed by atoms with Gasteiger partial charge in [-0.25, -0.2) is 9.97 Å². The van der Waals surface area contributed by atoms with Crippen LogP contribution in [-0.2, 0) is 17.7 Å². The van der Waals surface area contributed by atoms with E-state index in [0.717, 1.165) is 44.8 Å². The van der Waals surface area contributed by atoms with Crippen molar-refractivity contribution in [3.8, 4) is 0 Å². The molecule has 0 amide bonds. The second kappa shape index (κ2) is 8.60. The smallest absolute Gasteiger partial charge is 0.115 e. The molecule has 1 aromatic carbocycles. The molecule has 5 nitrogen and oxygen atoms in total. The molecular formula is C21H28N4O. The van der Waals surface area contributed by atoms with Crippen LogP contribution in [0.25, 0.3) is 0 Å². The third kappa shape index (κ3) is 4.40. The van der Waals surface area contributed by atoms with Crippen molar-refractivity contribution in [2.24, 2.45) is 0 Å². The summed E-state index contributed by atoms with van der Waals surface area (Å²) in [5, 5.41) is 0. The van der Waals surface area contributed by atoms with Crippen LogP contribution in [-0.4, -0.2) is 53.8 Å². The molecule has 3 heterocycles. The number of hydrogen-bond acceptors (Lipinski definition) is 5. The SMILES string of the molecule is c1ccc(N2CCCC2)c(CN2CCO[C@H](CCc3ccncn3)C2)c1. The van der Waals surface area contributed by atoms with Gasteiger partial charge in [0.25, 0.3) is 0 Å². The Labute approximate surface area is 156 Å². The summed E-state index contributed by atoms with van der Waals surface area (Å²) < 4.78 is 6.00. The Morgan fingerprint density at radius 1 is 1.08 bits per heavy atom. The van der Waals surface area contributed by atoms with Gasteiger partial charge in [-0.3, -0.25) is 4.90 Å². The fourth-order valence-corrected chi connectivity index (χ4v) is 4.03. The van der Waals surface area contributed by atoms with Gasteiger partial charge in [-0.1, -0.05) is 18.2 Å². The summed E-state index contributed by atoms with van der Waals surface area (Å²) in [7, 11) is 0. The van der Waals surface area contributed by atoms with Gasteiger partial charge in [-0.15, -0.1) is 0 Å². The fourth-order valence-electron chi connectivity index (χ4n) is 4.03. The minimum Gasteiger partial charge on any atom is -0.376 e. The first-order valence-corrected chi connectivity index (χ1v) is 9.80. The minimum absolute atomic E-state index is 0.290. The van der Waals surface area contributed by atoms with Crippen LogP contribution in [0, 0.1) is 0 Å². The molecule has 0 bridgehead atoms. The predicted molar refractivity (Wildman–Crippen MR) is 103 cm³/mol. The molecular weight excluding hydrogens is 324 g/mol. The van der Waals surface area contributed by atoms with Gasteiger partial charge >= 0.3 is 0 Å². The zero-order chi connectivity index (χ0) is 17.6. The number of ether oxygens (including phenoxy) is 1. The number of nitrogens with zero attached hydrogens (tertiary/aromatic N) is 4. The van der Waals surface area contributed by atoms with Crippen LogP contribution in [0.1, 0.15) is 30.5 Å². The van der Waals surface area contributed by atoms with E-state index in [9.17, 15) is 0 Å². The lowest BCUT2D eigenvalue weighted by Gasteiger charge is -2.34. The first kappa shape index (κ1) is 17.4. The Morgan fingerprint density at radius 3 is 2.81 bits per heavy atom. The predicted octanol–water partition coefficient (Wildman–Crippen LogP) is 2.91. The molecule has 0 saturated carbocycles. The maximum absolute atomic E-state index is 6.00. The number of benzene rings is 1. The molecule has 2 aromatic rings. The minimum atomic E-state index is 0.290. The normalized spacial score (nSPS) is 21.2. The van der Waals surface area contributed by atoms with Crippen LogP contribution < -0.4 is 4.90 Å². The average Bonchev–Trinajstić information content (AvgIpc) is 3.23. The van der Waals surface area contributed by atoms with E-state index in [1.165, 1.54) is 37.2 Å². The van der Waals surface area contributed by atoms with Crippen LogP contribution in [0.2, 0.25) is 0 Å². The summed E-state index contributed by atoms with van der Waals surface area (Å²) in [6, 6.07) is 10.9. The molecule has 0 aliphatic carbocycles. The molecule has 5 heteroatoms. The molecule has 0 radical (unpaired) electrons. The lowest BCUT2D eigenvalue weighted by Crippen LogP contribution is -2.42. The molecule has 2 saturated heterocycles. The second-order valence-corrected chi connectivity index (χ2v) is 7.29. The third-order valence-corrected chi connectivity index (χ3v) is 5.42. The highest BCUT2D eigenvalue weighted by Gasteiger charge is 2.22. The number of aromatic nitrogens is 2. The molecule has 1 atom stereocenters. The quantitative estimate of drug-likeness (QED) is 0.800. The topological polar surface area (TPSA) is 41.5 Å². The Bertz CT molecular complexity index is 687. The van der Waals surface area contributed by atoms with Gasteiger partial charge in [0.05, 0.1) is 12.7 Å². The van der Waals surface area contributed by atoms with E-state index in [-0.39, 0.29) is 6.10 Å². The largest absolute Gasteiger partial charge is 0.376 e. The summed E-state index contributed by atoms with van der Waals surface area (Å²) >= 11 is 0. The van der Waals surface area contributed by atoms with Gasteiger partial charge in [-0.05, 0) is 43.4 Å². The molecule has 2 aliphatic rings. The summed E-state index contributed by atoms with van der Waals surface area (Å²) in [5.74, 6) is 0. The molecule has 138 valence electrons. The second-order valence-electron chi connectivity index (χ2n) is 7.29. The van der Waals surface area contributed by atoms with Crippen molar-refractivity contribution in [1.29, 1.82) is 0 Å². The van der Waals surface area contributed by atoms with Crippen LogP contribution >= 0.6 is 0 Å². The van der Waals surface area contributed by atoms with E-state index in [4.69, 9.17) is 4.74 Å². The molecule has 0 spiro atoms. The van der Waals surface area contributed by atoms with E-state index < -0.39 is 0 Å². The Balaban J connectivity index is 1.35. The van der Waals surface area contributed by atoms with Crippen molar-refractivity contribution in [1.82, 2.24) is 14.9 Å². The summed E-state index contributed by atoms with van der Waals surface area (Å²) in [6.07, 6.45) is 8.32. The highest BCUT2D eigenvalue weighted by Crippen LogP contribution is 2.26. The third-order valence-electron chi connectivity index (χ3n) is 5.42. The fraction of sp³-hybridized carbons (Fsp3) is 0.524. The number of morpholine rings is 1. The Morgan fingerprint density at radius 2 is 1.96 bits per heavy atom. The summed E-state index contributed by atoms with van der Waals surface area (Å²) in [6.45, 7) is 6.24. The highest BCUT2D eigenvalue weighted by molar-refractivity contribution is 5.54. The maximum Gasteiger partial charge on any atom is 0.115 e. The van der Waals surface area contributed by atoms with Gasteiger partial charge in [0.2, 0.25) is 0 Å². The van der Waals surface area contributed by atoms with Gasteiger partial charge < -0.3 is 9.64 Å². The van der Waals surface area contributed by atoms with Crippen LogP contribution in [0.5, 0.6) is 0 Å². The van der Waals surface area contributed by atoms with Crippen LogP contribution in [0.3, 0.4) is 0 Å². The van der Waals surface area contributed by atoms with Gasteiger partial charge in [0.15, 0.2) is 0 Å². The van der Waals surface area contributed by atoms with E-state index >= 15 is 0 Å². The van der Waals surface area contributed by atoms with E-state index in [1.54, 1.807) is 6.33 Å². The van der Waals surface area contributed by atoms with Crippen molar-refractivity contribution in [3.05, 3.63) is 54.1 Å². The van der Waals surface area contributed by atoms with E-state index in [1.807, 2.05) is 12.3 Å². The van der Waals surface area contributed by atoms with Gasteiger partial charge in [-0.2, -0.15) is 0 Å².